The van der Waals surface area contributed by atoms with Crippen LogP contribution in [0.3, 0.4) is 0 Å². The monoisotopic (exact) mass is 381 g/mol. The molecule has 0 radical (unpaired) electrons. The van der Waals surface area contributed by atoms with E-state index in [1.165, 1.54) is 34.9 Å². The summed E-state index contributed by atoms with van der Waals surface area (Å²) in [6, 6.07) is 10.8. The summed E-state index contributed by atoms with van der Waals surface area (Å²) in [7, 11) is 0. The Kier molecular flexibility index (Phi) is 5.02. The van der Waals surface area contributed by atoms with Crippen LogP contribution < -0.4 is 15.5 Å². The highest BCUT2D eigenvalue weighted by Crippen LogP contribution is 2.29. The van der Waals surface area contributed by atoms with Gasteiger partial charge < -0.3 is 9.72 Å². The number of hydrogen-bond donors (Lipinski definition) is 2. The lowest BCUT2D eigenvalue weighted by Crippen LogP contribution is -2.17. The number of ether oxygens (including phenoxy) is 1. The summed E-state index contributed by atoms with van der Waals surface area (Å²) in [5.41, 5.74) is 1.89. The van der Waals surface area contributed by atoms with Gasteiger partial charge >= 0.3 is 0 Å². The van der Waals surface area contributed by atoms with Crippen LogP contribution in [-0.4, -0.2) is 15.9 Å². The average Bonchev–Trinajstić information content (AvgIpc) is 3.10. The highest BCUT2D eigenvalue weighted by molar-refractivity contribution is 7.15. The van der Waals surface area contributed by atoms with Crippen molar-refractivity contribution >= 4 is 22.4 Å². The smallest absolute Gasteiger partial charge is 0.273 e. The zero-order valence-electron chi connectivity index (χ0n) is 14.7. The van der Waals surface area contributed by atoms with Crippen LogP contribution in [0.5, 0.6) is 5.75 Å². The largest absolute Gasteiger partial charge is 0.483 e. The Morgan fingerprint density at radius 3 is 2.81 bits per heavy atom. The molecule has 7 heteroatoms. The quantitative estimate of drug-likeness (QED) is 0.708. The van der Waals surface area contributed by atoms with E-state index >= 15 is 0 Å². The minimum atomic E-state index is -0.382. The lowest BCUT2D eigenvalue weighted by atomic mass is 10.0. The molecule has 3 aromatic rings. The van der Waals surface area contributed by atoms with E-state index in [1.807, 2.05) is 30.3 Å². The second-order valence-electron chi connectivity index (χ2n) is 6.40. The molecule has 1 aliphatic rings. The Bertz CT molecular complexity index is 987. The molecule has 2 heterocycles. The molecule has 0 saturated carbocycles. The molecule has 0 unspecified atom stereocenters. The second-order valence-corrected chi connectivity index (χ2v) is 7.48. The van der Waals surface area contributed by atoms with Gasteiger partial charge in [-0.05, 0) is 31.2 Å². The fourth-order valence-electron chi connectivity index (χ4n) is 3.01. The number of hydrogen-bond acceptors (Lipinski definition) is 5. The SMILES string of the molecule is O=C(Nc1nc2c(s1)CCCC2)c1cc(=O)c(OCc2ccccc2)c[nH]1. The minimum absolute atomic E-state index is 0.181. The van der Waals surface area contributed by atoms with Crippen LogP contribution in [0.25, 0.3) is 0 Å². The van der Waals surface area contributed by atoms with Crippen LogP contribution in [0.2, 0.25) is 0 Å². The fraction of sp³-hybridized carbons (Fsp3) is 0.250. The molecule has 0 saturated heterocycles. The first-order valence-corrected chi connectivity index (χ1v) is 9.70. The van der Waals surface area contributed by atoms with E-state index in [0.29, 0.717) is 11.7 Å². The van der Waals surface area contributed by atoms with E-state index < -0.39 is 0 Å². The number of anilines is 1. The van der Waals surface area contributed by atoms with E-state index in [-0.39, 0.29) is 22.8 Å². The van der Waals surface area contributed by atoms with Crippen LogP contribution >= 0.6 is 11.3 Å². The van der Waals surface area contributed by atoms with Gasteiger partial charge in [0.05, 0.1) is 5.69 Å². The average molecular weight is 381 g/mol. The molecule has 27 heavy (non-hydrogen) atoms. The molecule has 1 aliphatic carbocycles. The van der Waals surface area contributed by atoms with Gasteiger partial charge in [0.25, 0.3) is 5.91 Å². The van der Waals surface area contributed by atoms with Crippen molar-refractivity contribution in [2.75, 3.05) is 5.32 Å². The third-order valence-corrected chi connectivity index (χ3v) is 5.50. The number of amides is 1. The summed E-state index contributed by atoms with van der Waals surface area (Å²) < 4.78 is 5.55. The summed E-state index contributed by atoms with van der Waals surface area (Å²) in [6.07, 6.45) is 5.72. The third-order valence-electron chi connectivity index (χ3n) is 4.42. The van der Waals surface area contributed by atoms with Crippen LogP contribution in [0.15, 0.2) is 47.4 Å². The molecule has 2 N–H and O–H groups in total. The number of aromatic amines is 1. The maximum Gasteiger partial charge on any atom is 0.273 e. The minimum Gasteiger partial charge on any atom is -0.483 e. The van der Waals surface area contributed by atoms with Crippen molar-refractivity contribution in [1.29, 1.82) is 0 Å². The number of thiazole rings is 1. The van der Waals surface area contributed by atoms with Crippen molar-refractivity contribution in [3.05, 3.63) is 74.6 Å². The maximum absolute atomic E-state index is 12.4. The number of carbonyl (C=O) groups is 1. The number of nitrogens with zero attached hydrogens (tertiary/aromatic N) is 1. The van der Waals surface area contributed by atoms with Crippen molar-refractivity contribution in [3.8, 4) is 5.75 Å². The normalized spacial score (nSPS) is 13.0. The molecule has 4 rings (SSSR count). The molecular formula is C20H19N3O3S. The van der Waals surface area contributed by atoms with E-state index in [0.717, 1.165) is 30.5 Å². The number of aromatic nitrogens is 2. The third kappa shape index (κ3) is 4.09. The first kappa shape index (κ1) is 17.5. The Morgan fingerprint density at radius 1 is 1.22 bits per heavy atom. The lowest BCUT2D eigenvalue weighted by Gasteiger charge is -2.07. The standard InChI is InChI=1S/C20H19N3O3S/c24-16-10-15(21-11-17(16)26-12-13-6-2-1-3-7-13)19(25)23-20-22-14-8-4-5-9-18(14)27-20/h1-3,6-7,10-11H,4-5,8-9,12H2,(H,21,24)(H,22,23,25). The topological polar surface area (TPSA) is 84.1 Å². The molecule has 0 spiro atoms. The van der Waals surface area contributed by atoms with Crippen LogP contribution in [0.1, 0.15) is 39.5 Å². The van der Waals surface area contributed by atoms with Crippen molar-refractivity contribution in [3.63, 3.8) is 0 Å². The predicted octanol–water partition coefficient (Wildman–Crippen LogP) is 3.54. The number of aryl methyl sites for hydroxylation is 2. The summed E-state index contributed by atoms with van der Waals surface area (Å²) in [4.78, 5) is 33.2. The lowest BCUT2D eigenvalue weighted by molar-refractivity contribution is 0.102. The summed E-state index contributed by atoms with van der Waals surface area (Å²) in [5, 5.41) is 3.36. The molecule has 138 valence electrons. The van der Waals surface area contributed by atoms with E-state index in [9.17, 15) is 9.59 Å². The Morgan fingerprint density at radius 2 is 2.04 bits per heavy atom. The van der Waals surface area contributed by atoms with Crippen LogP contribution in [0.4, 0.5) is 5.13 Å². The molecule has 0 atom stereocenters. The van der Waals surface area contributed by atoms with Gasteiger partial charge in [0, 0.05) is 17.1 Å². The zero-order chi connectivity index (χ0) is 18.6. The number of benzene rings is 1. The van der Waals surface area contributed by atoms with Crippen LogP contribution in [0, 0.1) is 0 Å². The molecule has 0 aliphatic heterocycles. The molecule has 2 aromatic heterocycles. The number of rotatable bonds is 5. The van der Waals surface area contributed by atoms with Gasteiger partial charge in [-0.3, -0.25) is 14.9 Å². The van der Waals surface area contributed by atoms with Gasteiger partial charge in [-0.15, -0.1) is 11.3 Å². The van der Waals surface area contributed by atoms with Crippen molar-refractivity contribution in [1.82, 2.24) is 9.97 Å². The van der Waals surface area contributed by atoms with Gasteiger partial charge in [-0.2, -0.15) is 0 Å². The van der Waals surface area contributed by atoms with Crippen molar-refractivity contribution in [2.24, 2.45) is 0 Å². The Hall–Kier alpha value is -2.93. The number of nitrogens with one attached hydrogen (secondary N) is 2. The van der Waals surface area contributed by atoms with Crippen molar-refractivity contribution in [2.45, 2.75) is 32.3 Å². The molecule has 1 amide bonds. The molecule has 0 fully saturated rings. The van der Waals surface area contributed by atoms with E-state index in [1.54, 1.807) is 0 Å². The summed E-state index contributed by atoms with van der Waals surface area (Å²) >= 11 is 1.51. The van der Waals surface area contributed by atoms with Gasteiger partial charge in [-0.25, -0.2) is 4.98 Å². The molecule has 1 aromatic carbocycles. The van der Waals surface area contributed by atoms with Crippen molar-refractivity contribution < 1.29 is 9.53 Å². The number of carbonyl (C=O) groups excluding carboxylic acids is 1. The maximum atomic E-state index is 12.4. The molecule has 6 nitrogen and oxygen atoms in total. The number of pyridine rings is 1. The summed E-state index contributed by atoms with van der Waals surface area (Å²) in [6.45, 7) is 0.292. The second kappa shape index (κ2) is 7.75. The first-order valence-electron chi connectivity index (χ1n) is 8.88. The van der Waals surface area contributed by atoms with E-state index in [4.69, 9.17) is 4.74 Å². The first-order chi connectivity index (χ1) is 13.2. The fourth-order valence-corrected chi connectivity index (χ4v) is 4.05. The van der Waals surface area contributed by atoms with Crippen LogP contribution in [-0.2, 0) is 19.4 Å². The molecular weight excluding hydrogens is 362 g/mol. The predicted molar refractivity (Wildman–Crippen MR) is 105 cm³/mol. The van der Waals surface area contributed by atoms with E-state index in [2.05, 4.69) is 15.3 Å². The Balaban J connectivity index is 1.43. The van der Waals surface area contributed by atoms with Gasteiger partial charge in [0.1, 0.15) is 12.3 Å². The molecule has 0 bridgehead atoms. The highest BCUT2D eigenvalue weighted by atomic mass is 32.1. The zero-order valence-corrected chi connectivity index (χ0v) is 15.5. The van der Waals surface area contributed by atoms with Gasteiger partial charge in [-0.1, -0.05) is 30.3 Å². The van der Waals surface area contributed by atoms with Gasteiger partial charge in [0.2, 0.25) is 5.43 Å². The highest BCUT2D eigenvalue weighted by Gasteiger charge is 2.17. The van der Waals surface area contributed by atoms with Gasteiger partial charge in [0.15, 0.2) is 10.9 Å². The number of H-pyrrole nitrogens is 1. The summed E-state index contributed by atoms with van der Waals surface area (Å²) in [5.74, 6) is -0.201. The Labute approximate surface area is 160 Å². The number of fused-ring (bicyclic) bond motifs is 1.